The predicted molar refractivity (Wildman–Crippen MR) is 86.2 cm³/mol. The molecule has 4 nitrogen and oxygen atoms in total. The minimum atomic E-state index is -0.269. The van der Waals surface area contributed by atoms with Crippen LogP contribution in [0.15, 0.2) is 42.7 Å². The maximum atomic E-state index is 13.6. The molecule has 0 amide bonds. The zero-order valence-electron chi connectivity index (χ0n) is 12.3. The van der Waals surface area contributed by atoms with Gasteiger partial charge in [-0.1, -0.05) is 6.07 Å². The van der Waals surface area contributed by atoms with E-state index in [1.807, 2.05) is 25.1 Å². The summed E-state index contributed by atoms with van der Waals surface area (Å²) in [5.74, 6) is -0.269. The van der Waals surface area contributed by atoms with Crippen LogP contribution in [0.5, 0.6) is 0 Å². The molecule has 5 heteroatoms. The Bertz CT molecular complexity index is 1090. The number of H-pyrrole nitrogens is 1. The first kappa shape index (κ1) is 13.4. The monoisotopic (exact) mass is 302 g/mol. The minimum absolute atomic E-state index is 0.269. The second kappa shape index (κ2) is 4.89. The van der Waals surface area contributed by atoms with Gasteiger partial charge in [-0.25, -0.2) is 14.4 Å². The molecule has 0 unspecified atom stereocenters. The number of nitrogens with one attached hydrogen (secondary N) is 1. The van der Waals surface area contributed by atoms with Gasteiger partial charge in [-0.05, 0) is 42.3 Å². The van der Waals surface area contributed by atoms with Crippen molar-refractivity contribution in [1.29, 1.82) is 5.26 Å². The van der Waals surface area contributed by atoms with Crippen molar-refractivity contribution in [3.63, 3.8) is 0 Å². The van der Waals surface area contributed by atoms with E-state index in [0.29, 0.717) is 11.3 Å². The van der Waals surface area contributed by atoms with Gasteiger partial charge in [0.15, 0.2) is 0 Å². The highest BCUT2D eigenvalue weighted by Crippen LogP contribution is 2.29. The standard InChI is InChI=1S/C18H11FN4/c1-10-2-11(4-13(19)3-10)12-5-16-15-6-14(7-20)21-9-17(15)23-18(16)22-8-12/h2-6,8-9H,1H3,(H,22,23). The quantitative estimate of drug-likeness (QED) is 0.575. The number of hydrogen-bond acceptors (Lipinski definition) is 3. The summed E-state index contributed by atoms with van der Waals surface area (Å²) < 4.78 is 13.6. The number of pyridine rings is 2. The van der Waals surface area contributed by atoms with Crippen molar-refractivity contribution in [2.75, 3.05) is 0 Å². The van der Waals surface area contributed by atoms with E-state index in [0.717, 1.165) is 33.0 Å². The van der Waals surface area contributed by atoms with Crippen molar-refractivity contribution in [3.05, 3.63) is 59.8 Å². The van der Waals surface area contributed by atoms with E-state index < -0.39 is 0 Å². The summed E-state index contributed by atoms with van der Waals surface area (Å²) >= 11 is 0. The molecule has 4 rings (SSSR count). The van der Waals surface area contributed by atoms with Crippen molar-refractivity contribution in [2.24, 2.45) is 0 Å². The van der Waals surface area contributed by atoms with E-state index in [-0.39, 0.29) is 5.82 Å². The molecule has 0 aliphatic heterocycles. The molecule has 0 fully saturated rings. The lowest BCUT2D eigenvalue weighted by Gasteiger charge is -2.04. The van der Waals surface area contributed by atoms with Crippen LogP contribution in [0.2, 0.25) is 0 Å². The third-order valence-electron chi connectivity index (χ3n) is 3.82. The van der Waals surface area contributed by atoms with Gasteiger partial charge in [0.1, 0.15) is 23.2 Å². The van der Waals surface area contributed by atoms with Crippen molar-refractivity contribution in [1.82, 2.24) is 15.0 Å². The fourth-order valence-corrected chi connectivity index (χ4v) is 2.80. The van der Waals surface area contributed by atoms with Gasteiger partial charge in [0, 0.05) is 22.5 Å². The van der Waals surface area contributed by atoms with Crippen molar-refractivity contribution < 1.29 is 4.39 Å². The van der Waals surface area contributed by atoms with Crippen molar-refractivity contribution >= 4 is 21.9 Å². The molecule has 0 atom stereocenters. The second-order valence-corrected chi connectivity index (χ2v) is 5.49. The first-order valence-electron chi connectivity index (χ1n) is 7.09. The van der Waals surface area contributed by atoms with Gasteiger partial charge in [-0.3, -0.25) is 0 Å². The summed E-state index contributed by atoms with van der Waals surface area (Å²) in [6.07, 6.45) is 3.34. The largest absolute Gasteiger partial charge is 0.338 e. The van der Waals surface area contributed by atoms with Gasteiger partial charge in [0.25, 0.3) is 0 Å². The zero-order valence-corrected chi connectivity index (χ0v) is 12.3. The van der Waals surface area contributed by atoms with Gasteiger partial charge in [0.2, 0.25) is 0 Å². The SMILES string of the molecule is Cc1cc(F)cc(-c2cnc3[nH]c4cnc(C#N)cc4c3c2)c1. The van der Waals surface area contributed by atoms with Crippen LogP contribution >= 0.6 is 0 Å². The summed E-state index contributed by atoms with van der Waals surface area (Å²) in [6, 6.07) is 10.6. The van der Waals surface area contributed by atoms with E-state index >= 15 is 0 Å². The van der Waals surface area contributed by atoms with Crippen LogP contribution in [0, 0.1) is 24.1 Å². The van der Waals surface area contributed by atoms with E-state index in [1.165, 1.54) is 12.1 Å². The second-order valence-electron chi connectivity index (χ2n) is 5.49. The molecular weight excluding hydrogens is 291 g/mol. The Morgan fingerprint density at radius 2 is 1.87 bits per heavy atom. The number of hydrogen-bond donors (Lipinski definition) is 1. The molecule has 110 valence electrons. The molecule has 4 aromatic rings. The molecule has 0 saturated heterocycles. The normalized spacial score (nSPS) is 11.0. The Morgan fingerprint density at radius 1 is 1.00 bits per heavy atom. The zero-order chi connectivity index (χ0) is 16.0. The summed E-state index contributed by atoms with van der Waals surface area (Å²) in [7, 11) is 0. The first-order chi connectivity index (χ1) is 11.1. The van der Waals surface area contributed by atoms with Crippen LogP contribution in [-0.4, -0.2) is 15.0 Å². The van der Waals surface area contributed by atoms with Crippen molar-refractivity contribution in [3.8, 4) is 17.2 Å². The molecule has 0 aliphatic rings. The Hall–Kier alpha value is -3.26. The predicted octanol–water partition coefficient (Wildman–Crippen LogP) is 4.10. The van der Waals surface area contributed by atoms with E-state index in [2.05, 4.69) is 15.0 Å². The van der Waals surface area contributed by atoms with Gasteiger partial charge in [-0.15, -0.1) is 0 Å². The fraction of sp³-hybridized carbons (Fsp3) is 0.0556. The molecular formula is C18H11FN4. The Labute approximate surface area is 131 Å². The van der Waals surface area contributed by atoms with Gasteiger partial charge in [0.05, 0.1) is 11.7 Å². The van der Waals surface area contributed by atoms with Gasteiger partial charge in [-0.2, -0.15) is 5.26 Å². The molecule has 3 heterocycles. The lowest BCUT2D eigenvalue weighted by Crippen LogP contribution is -1.85. The lowest BCUT2D eigenvalue weighted by molar-refractivity contribution is 0.627. The molecule has 1 N–H and O–H groups in total. The third-order valence-corrected chi connectivity index (χ3v) is 3.82. The molecule has 0 spiro atoms. The van der Waals surface area contributed by atoms with E-state index in [1.54, 1.807) is 18.5 Å². The number of nitrogens with zero attached hydrogens (tertiary/aromatic N) is 3. The molecule has 0 radical (unpaired) electrons. The number of nitriles is 1. The summed E-state index contributed by atoms with van der Waals surface area (Å²) in [6.45, 7) is 1.86. The Balaban J connectivity index is 1.99. The summed E-state index contributed by atoms with van der Waals surface area (Å²) in [5, 5.41) is 10.8. The maximum Gasteiger partial charge on any atom is 0.141 e. The van der Waals surface area contributed by atoms with Crippen LogP contribution in [0.4, 0.5) is 4.39 Å². The topological polar surface area (TPSA) is 65.4 Å². The van der Waals surface area contributed by atoms with Crippen LogP contribution in [0.3, 0.4) is 0 Å². The highest BCUT2D eigenvalue weighted by atomic mass is 19.1. The number of aromatic nitrogens is 3. The van der Waals surface area contributed by atoms with Gasteiger partial charge >= 0.3 is 0 Å². The van der Waals surface area contributed by atoms with Gasteiger partial charge < -0.3 is 4.98 Å². The highest BCUT2D eigenvalue weighted by molar-refractivity contribution is 6.06. The third kappa shape index (κ3) is 2.21. The molecule has 3 aromatic heterocycles. The minimum Gasteiger partial charge on any atom is -0.338 e. The highest BCUT2D eigenvalue weighted by Gasteiger charge is 2.09. The number of aromatic amines is 1. The number of aryl methyl sites for hydroxylation is 1. The van der Waals surface area contributed by atoms with Crippen LogP contribution in [-0.2, 0) is 0 Å². The van der Waals surface area contributed by atoms with E-state index in [4.69, 9.17) is 5.26 Å². The molecule has 0 saturated carbocycles. The summed E-state index contributed by atoms with van der Waals surface area (Å²) in [5.41, 5.74) is 4.35. The average molecular weight is 302 g/mol. The number of rotatable bonds is 1. The molecule has 0 aliphatic carbocycles. The van der Waals surface area contributed by atoms with Crippen LogP contribution in [0.25, 0.3) is 33.1 Å². The number of fused-ring (bicyclic) bond motifs is 3. The average Bonchev–Trinajstić information content (AvgIpc) is 2.90. The van der Waals surface area contributed by atoms with Crippen LogP contribution < -0.4 is 0 Å². The maximum absolute atomic E-state index is 13.6. The Morgan fingerprint density at radius 3 is 2.65 bits per heavy atom. The summed E-state index contributed by atoms with van der Waals surface area (Å²) in [4.78, 5) is 11.6. The number of halogens is 1. The number of benzene rings is 1. The first-order valence-corrected chi connectivity index (χ1v) is 7.09. The Kier molecular flexibility index (Phi) is 2.85. The van der Waals surface area contributed by atoms with E-state index in [9.17, 15) is 4.39 Å². The van der Waals surface area contributed by atoms with Crippen molar-refractivity contribution in [2.45, 2.75) is 6.92 Å². The van der Waals surface area contributed by atoms with Crippen LogP contribution in [0.1, 0.15) is 11.3 Å². The molecule has 23 heavy (non-hydrogen) atoms. The fourth-order valence-electron chi connectivity index (χ4n) is 2.80. The molecule has 1 aromatic carbocycles. The molecule has 0 bridgehead atoms. The smallest absolute Gasteiger partial charge is 0.141 e. The lowest BCUT2D eigenvalue weighted by atomic mass is 10.0.